The molecular formula is C25H26N4O2S. The average Bonchev–Trinajstić information content (AvgIpc) is 3.24. The summed E-state index contributed by atoms with van der Waals surface area (Å²) >= 11 is 1.66. The van der Waals surface area contributed by atoms with E-state index in [2.05, 4.69) is 11.2 Å². The zero-order valence-corrected chi connectivity index (χ0v) is 19.1. The molecule has 4 aromatic rings. The second kappa shape index (κ2) is 8.47. The van der Waals surface area contributed by atoms with E-state index in [9.17, 15) is 9.59 Å². The van der Waals surface area contributed by atoms with Gasteiger partial charge in [0.05, 0.1) is 21.6 Å². The summed E-state index contributed by atoms with van der Waals surface area (Å²) in [5.74, 6) is 0.123. The minimum atomic E-state index is -0.146. The summed E-state index contributed by atoms with van der Waals surface area (Å²) in [4.78, 5) is 33.6. The van der Waals surface area contributed by atoms with E-state index in [1.165, 1.54) is 4.68 Å². The van der Waals surface area contributed by atoms with Crippen LogP contribution in [-0.2, 0) is 6.54 Å². The number of amides is 1. The fraction of sp³-hybridized carbons (Fsp3) is 0.360. The number of carbonyl (C=O) groups excluding carboxylic acids is 1. The Morgan fingerprint density at radius 2 is 1.84 bits per heavy atom. The lowest BCUT2D eigenvalue weighted by Crippen LogP contribution is -2.40. The highest BCUT2D eigenvalue weighted by Gasteiger charge is 2.33. The summed E-state index contributed by atoms with van der Waals surface area (Å²) in [5.41, 5.74) is 1.18. The second-order valence-electron chi connectivity index (χ2n) is 8.81. The van der Waals surface area contributed by atoms with Gasteiger partial charge in [-0.15, -0.1) is 11.3 Å². The first-order chi connectivity index (χ1) is 15.5. The third-order valence-electron chi connectivity index (χ3n) is 5.97. The summed E-state index contributed by atoms with van der Waals surface area (Å²) < 4.78 is 2.59. The zero-order chi connectivity index (χ0) is 22.2. The zero-order valence-electron chi connectivity index (χ0n) is 18.3. The van der Waals surface area contributed by atoms with Gasteiger partial charge in [0.25, 0.3) is 11.5 Å². The Hall–Kier alpha value is -3.06. The van der Waals surface area contributed by atoms with Crippen LogP contribution in [0.5, 0.6) is 0 Å². The van der Waals surface area contributed by atoms with Crippen molar-refractivity contribution in [3.05, 3.63) is 69.6 Å². The van der Waals surface area contributed by atoms with E-state index in [0.29, 0.717) is 29.6 Å². The molecule has 0 bridgehead atoms. The Kier molecular flexibility index (Phi) is 5.51. The third kappa shape index (κ3) is 3.71. The molecule has 2 aromatic heterocycles. The molecule has 0 aliphatic carbocycles. The topological polar surface area (TPSA) is 68.1 Å². The molecular weight excluding hydrogens is 420 g/mol. The Bertz CT molecular complexity index is 1320. The number of carbonyl (C=O) groups is 1. The third-order valence-corrected chi connectivity index (χ3v) is 7.11. The van der Waals surface area contributed by atoms with E-state index in [1.807, 2.05) is 55.1 Å². The van der Waals surface area contributed by atoms with E-state index in [-0.39, 0.29) is 23.4 Å². The molecule has 5 rings (SSSR count). The predicted molar refractivity (Wildman–Crippen MR) is 128 cm³/mol. The highest BCUT2D eigenvalue weighted by atomic mass is 32.1. The van der Waals surface area contributed by atoms with E-state index in [1.54, 1.807) is 17.4 Å². The van der Waals surface area contributed by atoms with E-state index < -0.39 is 0 Å². The average molecular weight is 447 g/mol. The molecule has 0 unspecified atom stereocenters. The predicted octanol–water partition coefficient (Wildman–Crippen LogP) is 5.03. The number of rotatable bonds is 4. The summed E-state index contributed by atoms with van der Waals surface area (Å²) in [6.07, 6.45) is 2.90. The highest BCUT2D eigenvalue weighted by molar-refractivity contribution is 7.18. The molecule has 3 heterocycles. The van der Waals surface area contributed by atoms with Gasteiger partial charge in [0.15, 0.2) is 5.69 Å². The van der Waals surface area contributed by atoms with Crippen molar-refractivity contribution in [3.63, 3.8) is 0 Å². The van der Waals surface area contributed by atoms with Crippen LogP contribution >= 0.6 is 11.3 Å². The number of aromatic nitrogens is 3. The van der Waals surface area contributed by atoms with Gasteiger partial charge in [0.2, 0.25) is 0 Å². The van der Waals surface area contributed by atoms with Crippen LogP contribution in [0.4, 0.5) is 0 Å². The highest BCUT2D eigenvalue weighted by Crippen LogP contribution is 2.36. The number of fused-ring (bicyclic) bond motifs is 2. The Morgan fingerprint density at radius 3 is 2.62 bits per heavy atom. The van der Waals surface area contributed by atoms with Crippen LogP contribution in [0.1, 0.15) is 54.6 Å². The van der Waals surface area contributed by atoms with Crippen molar-refractivity contribution >= 4 is 38.2 Å². The lowest BCUT2D eigenvalue weighted by Gasteiger charge is -2.34. The largest absolute Gasteiger partial charge is 0.328 e. The van der Waals surface area contributed by atoms with Crippen LogP contribution in [0, 0.1) is 5.92 Å². The molecule has 7 heteroatoms. The Morgan fingerprint density at radius 1 is 1.09 bits per heavy atom. The molecule has 1 aliphatic heterocycles. The van der Waals surface area contributed by atoms with Gasteiger partial charge in [-0.3, -0.25) is 9.59 Å². The molecule has 2 aromatic carbocycles. The molecule has 1 atom stereocenters. The molecule has 6 nitrogen and oxygen atoms in total. The number of likely N-dealkylation sites (tertiary alicyclic amines) is 1. The first kappa shape index (κ1) is 20.8. The van der Waals surface area contributed by atoms with Crippen LogP contribution in [0.25, 0.3) is 21.0 Å². The van der Waals surface area contributed by atoms with Gasteiger partial charge in [-0.1, -0.05) is 44.2 Å². The van der Waals surface area contributed by atoms with Gasteiger partial charge in [-0.05, 0) is 43.4 Å². The maximum absolute atomic E-state index is 13.9. The minimum Gasteiger partial charge on any atom is -0.328 e. The first-order valence-corrected chi connectivity index (χ1v) is 12.0. The lowest BCUT2D eigenvalue weighted by molar-refractivity contribution is 0.0604. The van der Waals surface area contributed by atoms with Gasteiger partial charge in [0, 0.05) is 18.5 Å². The van der Waals surface area contributed by atoms with Crippen molar-refractivity contribution in [1.82, 2.24) is 19.7 Å². The van der Waals surface area contributed by atoms with Crippen molar-refractivity contribution in [2.24, 2.45) is 5.92 Å². The number of para-hydroxylation sites is 1. The van der Waals surface area contributed by atoms with Crippen molar-refractivity contribution in [1.29, 1.82) is 0 Å². The lowest BCUT2D eigenvalue weighted by atomic mass is 10.0. The molecule has 1 fully saturated rings. The van der Waals surface area contributed by atoms with Crippen molar-refractivity contribution in [3.8, 4) is 0 Å². The summed E-state index contributed by atoms with van der Waals surface area (Å²) in [6.45, 7) is 5.22. The maximum atomic E-state index is 13.9. The van der Waals surface area contributed by atoms with Crippen LogP contribution in [-0.4, -0.2) is 32.1 Å². The monoisotopic (exact) mass is 446 g/mol. The van der Waals surface area contributed by atoms with Crippen molar-refractivity contribution in [2.75, 3.05) is 6.54 Å². The SMILES string of the molecule is CC(C)Cn1nc(C(=O)N2CCCC[C@@H]2c2nc3ccccc3s2)c2ccccc2c1=O. The first-order valence-electron chi connectivity index (χ1n) is 11.2. The number of benzene rings is 2. The van der Waals surface area contributed by atoms with E-state index in [0.717, 1.165) is 34.5 Å². The normalized spacial score (nSPS) is 16.8. The summed E-state index contributed by atoms with van der Waals surface area (Å²) in [7, 11) is 0. The number of thiazole rings is 1. The fourth-order valence-electron chi connectivity index (χ4n) is 4.46. The number of hydrogen-bond donors (Lipinski definition) is 0. The van der Waals surface area contributed by atoms with Crippen LogP contribution in [0.2, 0.25) is 0 Å². The van der Waals surface area contributed by atoms with Gasteiger partial charge in [-0.25, -0.2) is 9.67 Å². The van der Waals surface area contributed by atoms with Crippen LogP contribution in [0.3, 0.4) is 0 Å². The van der Waals surface area contributed by atoms with Crippen molar-refractivity contribution in [2.45, 2.75) is 45.7 Å². The standard InChI is InChI=1S/C25H26N4O2S/c1-16(2)15-29-24(30)18-10-4-3-9-17(18)22(27-29)25(31)28-14-8-7-12-20(28)23-26-19-11-5-6-13-21(19)32-23/h3-6,9-11,13,16,20H,7-8,12,14-15H2,1-2H3/t20-/m1/s1. The van der Waals surface area contributed by atoms with Gasteiger partial charge in [-0.2, -0.15) is 5.10 Å². The summed E-state index contributed by atoms with van der Waals surface area (Å²) in [5, 5.41) is 6.72. The number of hydrogen-bond acceptors (Lipinski definition) is 5. The van der Waals surface area contributed by atoms with Gasteiger partial charge in [0.1, 0.15) is 5.01 Å². The smallest absolute Gasteiger partial charge is 0.275 e. The molecule has 1 amide bonds. The quantitative estimate of drug-likeness (QED) is 0.441. The minimum absolute atomic E-state index is 0.0697. The fourth-order valence-corrected chi connectivity index (χ4v) is 5.58. The molecule has 164 valence electrons. The Balaban J connectivity index is 1.60. The molecule has 1 saturated heterocycles. The maximum Gasteiger partial charge on any atom is 0.275 e. The molecule has 0 radical (unpaired) electrons. The molecule has 0 saturated carbocycles. The summed E-state index contributed by atoms with van der Waals surface area (Å²) in [6, 6.07) is 15.3. The molecule has 0 spiro atoms. The number of piperidine rings is 1. The molecule has 32 heavy (non-hydrogen) atoms. The second-order valence-corrected chi connectivity index (χ2v) is 9.87. The van der Waals surface area contributed by atoms with Gasteiger partial charge >= 0.3 is 0 Å². The van der Waals surface area contributed by atoms with Gasteiger partial charge < -0.3 is 4.90 Å². The van der Waals surface area contributed by atoms with E-state index in [4.69, 9.17) is 4.98 Å². The van der Waals surface area contributed by atoms with E-state index >= 15 is 0 Å². The van der Waals surface area contributed by atoms with Crippen molar-refractivity contribution < 1.29 is 4.79 Å². The molecule has 1 aliphatic rings. The molecule has 0 N–H and O–H groups in total. The van der Waals surface area contributed by atoms with Crippen LogP contribution < -0.4 is 5.56 Å². The Labute approximate surface area is 190 Å². The number of nitrogens with zero attached hydrogens (tertiary/aromatic N) is 4. The van der Waals surface area contributed by atoms with Crippen LogP contribution in [0.15, 0.2) is 53.3 Å².